The molecular formula is C17H24N2O4S. The third-order valence-electron chi connectivity index (χ3n) is 4.82. The molecule has 1 amide bonds. The van der Waals surface area contributed by atoms with Gasteiger partial charge in [0.1, 0.15) is 0 Å². The van der Waals surface area contributed by atoms with Gasteiger partial charge in [-0.15, -0.1) is 0 Å². The summed E-state index contributed by atoms with van der Waals surface area (Å²) in [5.41, 5.74) is 1.19. The standard InChI is InChI=1S/C17H24N2O4S/c20-13-14-4-3-9-18(12-14)17(21)15-5-7-16(8-6-15)19-10-1-2-11-24(19,22)23/h5-8,14,20H,1-4,9-13H2. The molecule has 6 nitrogen and oxygen atoms in total. The fourth-order valence-corrected chi connectivity index (χ4v) is 5.07. The molecular weight excluding hydrogens is 328 g/mol. The fourth-order valence-electron chi connectivity index (χ4n) is 3.43. The summed E-state index contributed by atoms with van der Waals surface area (Å²) in [5, 5.41) is 9.29. The van der Waals surface area contributed by atoms with Crippen molar-refractivity contribution in [1.29, 1.82) is 0 Å². The maximum atomic E-state index is 12.6. The number of benzene rings is 1. The average molecular weight is 352 g/mol. The van der Waals surface area contributed by atoms with E-state index in [1.54, 1.807) is 29.2 Å². The molecule has 1 unspecified atom stereocenters. The van der Waals surface area contributed by atoms with Crippen molar-refractivity contribution in [1.82, 2.24) is 4.90 Å². The van der Waals surface area contributed by atoms with E-state index in [0.717, 1.165) is 19.3 Å². The summed E-state index contributed by atoms with van der Waals surface area (Å²) in [6.07, 6.45) is 3.42. The second-order valence-corrected chi connectivity index (χ2v) is 8.60. The molecule has 1 aromatic carbocycles. The van der Waals surface area contributed by atoms with E-state index in [9.17, 15) is 18.3 Å². The van der Waals surface area contributed by atoms with Gasteiger partial charge in [-0.2, -0.15) is 0 Å². The van der Waals surface area contributed by atoms with Crippen molar-refractivity contribution in [3.8, 4) is 0 Å². The zero-order valence-electron chi connectivity index (χ0n) is 13.7. The molecule has 1 N–H and O–H groups in total. The van der Waals surface area contributed by atoms with Gasteiger partial charge in [-0.05, 0) is 55.9 Å². The first kappa shape index (κ1) is 17.2. The normalized spacial score (nSPS) is 24.0. The molecule has 0 spiro atoms. The van der Waals surface area contributed by atoms with E-state index >= 15 is 0 Å². The Morgan fingerprint density at radius 3 is 2.54 bits per heavy atom. The van der Waals surface area contributed by atoms with Crippen molar-refractivity contribution in [2.24, 2.45) is 5.92 Å². The first-order valence-corrected chi connectivity index (χ1v) is 10.1. The van der Waals surface area contributed by atoms with E-state index in [1.807, 2.05) is 0 Å². The van der Waals surface area contributed by atoms with Crippen molar-refractivity contribution < 1.29 is 18.3 Å². The topological polar surface area (TPSA) is 77.9 Å². The predicted molar refractivity (Wildman–Crippen MR) is 92.5 cm³/mol. The van der Waals surface area contributed by atoms with Crippen LogP contribution in [0.5, 0.6) is 0 Å². The lowest BCUT2D eigenvalue weighted by Gasteiger charge is -2.32. The minimum absolute atomic E-state index is 0.0544. The number of hydrogen-bond donors (Lipinski definition) is 1. The molecule has 2 aliphatic heterocycles. The van der Waals surface area contributed by atoms with Gasteiger partial charge in [-0.3, -0.25) is 9.10 Å². The fraction of sp³-hybridized carbons (Fsp3) is 0.588. The number of amides is 1. The molecule has 2 aliphatic rings. The minimum atomic E-state index is -3.23. The Hall–Kier alpha value is -1.60. The predicted octanol–water partition coefficient (Wildman–Crippen LogP) is 1.46. The van der Waals surface area contributed by atoms with Gasteiger partial charge in [-0.1, -0.05) is 0 Å². The molecule has 1 aromatic rings. The molecule has 2 heterocycles. The van der Waals surface area contributed by atoms with Crippen LogP contribution in [0.15, 0.2) is 24.3 Å². The number of likely N-dealkylation sites (tertiary alicyclic amines) is 1. The second kappa shape index (κ2) is 7.11. The second-order valence-electron chi connectivity index (χ2n) is 6.58. The number of rotatable bonds is 3. The Balaban J connectivity index is 1.73. The quantitative estimate of drug-likeness (QED) is 0.893. The van der Waals surface area contributed by atoms with Gasteiger partial charge in [-0.25, -0.2) is 8.42 Å². The number of aliphatic hydroxyl groups is 1. The average Bonchev–Trinajstić information content (AvgIpc) is 2.61. The molecule has 0 aliphatic carbocycles. The third kappa shape index (κ3) is 3.57. The lowest BCUT2D eigenvalue weighted by atomic mass is 9.98. The Kier molecular flexibility index (Phi) is 5.10. The van der Waals surface area contributed by atoms with E-state index in [1.165, 1.54) is 4.31 Å². The molecule has 0 aromatic heterocycles. The molecule has 1 atom stereocenters. The van der Waals surface area contributed by atoms with Crippen molar-refractivity contribution >= 4 is 21.6 Å². The van der Waals surface area contributed by atoms with Gasteiger partial charge in [0.25, 0.3) is 5.91 Å². The summed E-state index contributed by atoms with van der Waals surface area (Å²) in [5.74, 6) is 0.283. The molecule has 24 heavy (non-hydrogen) atoms. The SMILES string of the molecule is O=C(c1ccc(N2CCCCS2(=O)=O)cc1)N1CCCC(CO)C1. The highest BCUT2D eigenvalue weighted by atomic mass is 32.2. The Labute approximate surface area is 143 Å². The van der Waals surface area contributed by atoms with E-state index < -0.39 is 10.0 Å². The van der Waals surface area contributed by atoms with Crippen LogP contribution in [-0.4, -0.2) is 56.3 Å². The zero-order valence-corrected chi connectivity index (χ0v) is 14.5. The van der Waals surface area contributed by atoms with E-state index in [4.69, 9.17) is 0 Å². The number of aliphatic hydroxyl groups excluding tert-OH is 1. The Bertz CT molecular complexity index is 687. The first-order chi connectivity index (χ1) is 11.5. The molecule has 132 valence electrons. The summed E-state index contributed by atoms with van der Waals surface area (Å²) in [6, 6.07) is 6.82. The molecule has 0 bridgehead atoms. The highest BCUT2D eigenvalue weighted by Crippen LogP contribution is 2.25. The maximum Gasteiger partial charge on any atom is 0.253 e. The van der Waals surface area contributed by atoms with Crippen LogP contribution < -0.4 is 4.31 Å². The number of carbonyl (C=O) groups is 1. The van der Waals surface area contributed by atoms with Crippen LogP contribution in [0, 0.1) is 5.92 Å². The Morgan fingerprint density at radius 2 is 1.88 bits per heavy atom. The number of piperidine rings is 1. The van der Waals surface area contributed by atoms with Crippen molar-refractivity contribution in [2.45, 2.75) is 25.7 Å². The van der Waals surface area contributed by atoms with Crippen molar-refractivity contribution in [3.63, 3.8) is 0 Å². The van der Waals surface area contributed by atoms with E-state index in [2.05, 4.69) is 0 Å². The van der Waals surface area contributed by atoms with Crippen LogP contribution in [0.25, 0.3) is 0 Å². The molecule has 7 heteroatoms. The highest BCUT2D eigenvalue weighted by molar-refractivity contribution is 7.92. The smallest absolute Gasteiger partial charge is 0.253 e. The van der Waals surface area contributed by atoms with Crippen LogP contribution in [0.4, 0.5) is 5.69 Å². The summed E-state index contributed by atoms with van der Waals surface area (Å²) >= 11 is 0. The van der Waals surface area contributed by atoms with Crippen LogP contribution in [-0.2, 0) is 10.0 Å². The number of carbonyl (C=O) groups excluding carboxylic acids is 1. The summed E-state index contributed by atoms with van der Waals surface area (Å²) in [4.78, 5) is 14.4. The van der Waals surface area contributed by atoms with Crippen LogP contribution in [0.1, 0.15) is 36.0 Å². The summed E-state index contributed by atoms with van der Waals surface area (Å²) in [7, 11) is -3.23. The Morgan fingerprint density at radius 1 is 1.12 bits per heavy atom. The zero-order chi connectivity index (χ0) is 17.2. The van der Waals surface area contributed by atoms with Crippen molar-refractivity contribution in [2.75, 3.05) is 36.3 Å². The van der Waals surface area contributed by atoms with Crippen LogP contribution in [0.2, 0.25) is 0 Å². The van der Waals surface area contributed by atoms with Gasteiger partial charge in [0.05, 0.1) is 11.4 Å². The number of sulfonamides is 1. The van der Waals surface area contributed by atoms with Crippen LogP contribution >= 0.6 is 0 Å². The number of nitrogens with zero attached hydrogens (tertiary/aromatic N) is 2. The van der Waals surface area contributed by atoms with Gasteiger partial charge in [0, 0.05) is 31.8 Å². The molecule has 0 saturated carbocycles. The summed E-state index contributed by atoms with van der Waals surface area (Å²) in [6.45, 7) is 1.89. The largest absolute Gasteiger partial charge is 0.396 e. The minimum Gasteiger partial charge on any atom is -0.396 e. The van der Waals surface area contributed by atoms with E-state index in [-0.39, 0.29) is 24.2 Å². The molecule has 2 saturated heterocycles. The van der Waals surface area contributed by atoms with Crippen molar-refractivity contribution in [3.05, 3.63) is 29.8 Å². The maximum absolute atomic E-state index is 12.6. The first-order valence-electron chi connectivity index (χ1n) is 8.52. The highest BCUT2D eigenvalue weighted by Gasteiger charge is 2.27. The summed E-state index contributed by atoms with van der Waals surface area (Å²) < 4.78 is 25.7. The number of hydrogen-bond acceptors (Lipinski definition) is 4. The monoisotopic (exact) mass is 352 g/mol. The molecule has 0 radical (unpaired) electrons. The van der Waals surface area contributed by atoms with E-state index in [0.29, 0.717) is 37.3 Å². The lowest BCUT2D eigenvalue weighted by molar-refractivity contribution is 0.0620. The van der Waals surface area contributed by atoms with Gasteiger partial charge < -0.3 is 10.0 Å². The number of anilines is 1. The lowest BCUT2D eigenvalue weighted by Crippen LogP contribution is -2.41. The third-order valence-corrected chi connectivity index (χ3v) is 6.69. The molecule has 3 rings (SSSR count). The van der Waals surface area contributed by atoms with Gasteiger partial charge in [0.15, 0.2) is 0 Å². The van der Waals surface area contributed by atoms with Gasteiger partial charge >= 0.3 is 0 Å². The molecule has 2 fully saturated rings. The van der Waals surface area contributed by atoms with Crippen LogP contribution in [0.3, 0.4) is 0 Å². The van der Waals surface area contributed by atoms with Gasteiger partial charge in [0.2, 0.25) is 10.0 Å².